The second kappa shape index (κ2) is 8.47. The summed E-state index contributed by atoms with van der Waals surface area (Å²) in [4.78, 5) is 0. The van der Waals surface area contributed by atoms with Gasteiger partial charge >= 0.3 is 0 Å². The van der Waals surface area contributed by atoms with Crippen molar-refractivity contribution in [1.29, 1.82) is 0 Å². The first kappa shape index (κ1) is 17.2. The van der Waals surface area contributed by atoms with E-state index in [1.807, 2.05) is 42.5 Å². The van der Waals surface area contributed by atoms with Gasteiger partial charge in [-0.15, -0.1) is 0 Å². The van der Waals surface area contributed by atoms with Gasteiger partial charge in [-0.3, -0.25) is 0 Å². The van der Waals surface area contributed by atoms with Crippen molar-refractivity contribution in [3.63, 3.8) is 0 Å². The van der Waals surface area contributed by atoms with Gasteiger partial charge in [-0.1, -0.05) is 54.6 Å². The van der Waals surface area contributed by atoms with Crippen molar-refractivity contribution in [2.75, 3.05) is 6.61 Å². The van der Waals surface area contributed by atoms with Crippen LogP contribution in [-0.4, -0.2) is 17.8 Å². The van der Waals surface area contributed by atoms with Gasteiger partial charge in [0.1, 0.15) is 11.5 Å². The standard InChI is InChI=1S/C22H23NO2/c23-20(16-24)15-19-8-12-22(13-9-19)25-21-10-6-18(7-11-21)14-17-4-2-1-3-5-17/h1-13,20,24H,14-16,23H2. The van der Waals surface area contributed by atoms with Crippen molar-refractivity contribution in [3.05, 3.63) is 95.6 Å². The van der Waals surface area contributed by atoms with E-state index in [-0.39, 0.29) is 12.6 Å². The lowest BCUT2D eigenvalue weighted by Gasteiger charge is -2.10. The highest BCUT2D eigenvalue weighted by molar-refractivity contribution is 5.36. The maximum absolute atomic E-state index is 9.01. The number of aliphatic hydroxyl groups excluding tert-OH is 1. The van der Waals surface area contributed by atoms with Crippen LogP contribution in [0, 0.1) is 0 Å². The Hall–Kier alpha value is -2.62. The van der Waals surface area contributed by atoms with Crippen LogP contribution in [0.1, 0.15) is 16.7 Å². The minimum absolute atomic E-state index is 0.00637. The maximum Gasteiger partial charge on any atom is 0.127 e. The van der Waals surface area contributed by atoms with Gasteiger partial charge < -0.3 is 15.6 Å². The Balaban J connectivity index is 1.59. The molecule has 0 radical (unpaired) electrons. The predicted octanol–water partition coefficient (Wildman–Crippen LogP) is 3.93. The van der Waals surface area contributed by atoms with E-state index < -0.39 is 0 Å². The molecule has 25 heavy (non-hydrogen) atoms. The van der Waals surface area contributed by atoms with E-state index in [4.69, 9.17) is 15.6 Å². The van der Waals surface area contributed by atoms with E-state index >= 15 is 0 Å². The van der Waals surface area contributed by atoms with Gasteiger partial charge in [-0.2, -0.15) is 0 Å². The van der Waals surface area contributed by atoms with Crippen LogP contribution < -0.4 is 10.5 Å². The van der Waals surface area contributed by atoms with Crippen LogP contribution in [0.3, 0.4) is 0 Å². The molecule has 3 nitrogen and oxygen atoms in total. The van der Waals surface area contributed by atoms with Crippen LogP contribution in [0.5, 0.6) is 11.5 Å². The van der Waals surface area contributed by atoms with Crippen LogP contribution in [0.4, 0.5) is 0 Å². The normalized spacial score (nSPS) is 11.9. The van der Waals surface area contributed by atoms with Crippen LogP contribution in [0.2, 0.25) is 0 Å². The van der Waals surface area contributed by atoms with Crippen LogP contribution in [0.25, 0.3) is 0 Å². The molecule has 3 aromatic carbocycles. The monoisotopic (exact) mass is 333 g/mol. The molecule has 128 valence electrons. The Morgan fingerprint density at radius 1 is 0.720 bits per heavy atom. The third-order valence-electron chi connectivity index (χ3n) is 4.07. The van der Waals surface area contributed by atoms with Gasteiger partial charge in [-0.25, -0.2) is 0 Å². The van der Waals surface area contributed by atoms with Crippen LogP contribution in [-0.2, 0) is 12.8 Å². The third kappa shape index (κ3) is 5.18. The van der Waals surface area contributed by atoms with E-state index in [1.165, 1.54) is 11.1 Å². The lowest BCUT2D eigenvalue weighted by molar-refractivity contribution is 0.265. The lowest BCUT2D eigenvalue weighted by atomic mass is 10.1. The zero-order valence-electron chi connectivity index (χ0n) is 14.1. The SMILES string of the molecule is NC(CO)Cc1ccc(Oc2ccc(Cc3ccccc3)cc2)cc1. The van der Waals surface area contributed by atoms with E-state index in [2.05, 4.69) is 36.4 Å². The zero-order valence-corrected chi connectivity index (χ0v) is 14.1. The molecule has 0 bridgehead atoms. The molecule has 0 fully saturated rings. The van der Waals surface area contributed by atoms with Crippen molar-refractivity contribution >= 4 is 0 Å². The molecule has 0 aromatic heterocycles. The fourth-order valence-electron chi connectivity index (χ4n) is 2.70. The lowest BCUT2D eigenvalue weighted by Crippen LogP contribution is -2.26. The Labute approximate surface area is 148 Å². The van der Waals surface area contributed by atoms with Gasteiger partial charge in [0.05, 0.1) is 6.61 Å². The van der Waals surface area contributed by atoms with Gasteiger partial charge in [0.2, 0.25) is 0 Å². The Kier molecular flexibility index (Phi) is 5.83. The van der Waals surface area contributed by atoms with Crippen molar-refractivity contribution in [2.24, 2.45) is 5.73 Å². The van der Waals surface area contributed by atoms with Gasteiger partial charge in [-0.05, 0) is 53.8 Å². The molecule has 3 rings (SSSR count). The second-order valence-electron chi connectivity index (χ2n) is 6.20. The summed E-state index contributed by atoms with van der Waals surface area (Å²) in [5.41, 5.74) is 9.40. The molecule has 3 aromatic rings. The number of benzene rings is 3. The molecule has 0 saturated heterocycles. The maximum atomic E-state index is 9.01. The highest BCUT2D eigenvalue weighted by Gasteiger charge is 2.03. The van der Waals surface area contributed by atoms with Crippen molar-refractivity contribution in [2.45, 2.75) is 18.9 Å². The summed E-state index contributed by atoms with van der Waals surface area (Å²) in [5.74, 6) is 1.61. The molecule has 3 heteroatoms. The third-order valence-corrected chi connectivity index (χ3v) is 4.07. The van der Waals surface area contributed by atoms with Crippen molar-refractivity contribution in [3.8, 4) is 11.5 Å². The zero-order chi connectivity index (χ0) is 17.5. The summed E-state index contributed by atoms with van der Waals surface area (Å²) in [6.07, 6.45) is 1.58. The summed E-state index contributed by atoms with van der Waals surface area (Å²) >= 11 is 0. The molecule has 0 aliphatic rings. The summed E-state index contributed by atoms with van der Waals surface area (Å²) in [7, 11) is 0. The van der Waals surface area contributed by atoms with Crippen LogP contribution >= 0.6 is 0 Å². The summed E-state index contributed by atoms with van der Waals surface area (Å²) in [6, 6.07) is 26.2. The number of nitrogens with two attached hydrogens (primary N) is 1. The van der Waals surface area contributed by atoms with Crippen LogP contribution in [0.15, 0.2) is 78.9 Å². The molecule has 0 heterocycles. The number of hydrogen-bond donors (Lipinski definition) is 2. The summed E-state index contributed by atoms with van der Waals surface area (Å²) in [5, 5.41) is 9.01. The molecule has 0 amide bonds. The fourth-order valence-corrected chi connectivity index (χ4v) is 2.70. The Morgan fingerprint density at radius 2 is 1.24 bits per heavy atom. The topological polar surface area (TPSA) is 55.5 Å². The largest absolute Gasteiger partial charge is 0.457 e. The molecule has 0 aliphatic carbocycles. The smallest absolute Gasteiger partial charge is 0.127 e. The van der Waals surface area contributed by atoms with E-state index in [0.717, 1.165) is 23.5 Å². The first-order valence-corrected chi connectivity index (χ1v) is 8.49. The van der Waals surface area contributed by atoms with Gasteiger partial charge in [0, 0.05) is 6.04 Å². The molecule has 0 saturated carbocycles. The number of hydrogen-bond acceptors (Lipinski definition) is 3. The quantitative estimate of drug-likeness (QED) is 0.689. The minimum atomic E-state index is -0.219. The highest BCUT2D eigenvalue weighted by Crippen LogP contribution is 2.23. The number of ether oxygens (including phenoxy) is 1. The van der Waals surface area contributed by atoms with E-state index in [1.54, 1.807) is 0 Å². The number of aliphatic hydroxyl groups is 1. The molecule has 3 N–H and O–H groups in total. The average molecular weight is 333 g/mol. The molecule has 1 unspecified atom stereocenters. The van der Waals surface area contributed by atoms with Gasteiger partial charge in [0.15, 0.2) is 0 Å². The first-order valence-electron chi connectivity index (χ1n) is 8.49. The first-order chi connectivity index (χ1) is 12.2. The van der Waals surface area contributed by atoms with Crippen molar-refractivity contribution < 1.29 is 9.84 Å². The predicted molar refractivity (Wildman–Crippen MR) is 101 cm³/mol. The van der Waals surface area contributed by atoms with E-state index in [0.29, 0.717) is 6.42 Å². The molecule has 0 spiro atoms. The molecule has 1 atom stereocenters. The average Bonchev–Trinajstić information content (AvgIpc) is 2.66. The molecule has 0 aliphatic heterocycles. The fraction of sp³-hybridized carbons (Fsp3) is 0.182. The summed E-state index contributed by atoms with van der Waals surface area (Å²) < 4.78 is 5.89. The van der Waals surface area contributed by atoms with Gasteiger partial charge in [0.25, 0.3) is 0 Å². The minimum Gasteiger partial charge on any atom is -0.457 e. The Morgan fingerprint density at radius 3 is 1.80 bits per heavy atom. The van der Waals surface area contributed by atoms with Crippen molar-refractivity contribution in [1.82, 2.24) is 0 Å². The Bertz CT molecular complexity index is 767. The van der Waals surface area contributed by atoms with E-state index in [9.17, 15) is 0 Å². The molecular formula is C22H23NO2. The second-order valence-corrected chi connectivity index (χ2v) is 6.20. The summed E-state index contributed by atoms with van der Waals surface area (Å²) in [6.45, 7) is -0.00637. The molecular weight excluding hydrogens is 310 g/mol. The number of rotatable bonds is 7. The highest BCUT2D eigenvalue weighted by atomic mass is 16.5.